The molecule has 1 N–H and O–H groups in total. The van der Waals surface area contributed by atoms with E-state index in [-0.39, 0.29) is 11.5 Å². The Bertz CT molecular complexity index is 1620. The van der Waals surface area contributed by atoms with Crippen LogP contribution in [-0.2, 0) is 6.18 Å². The zero-order valence-corrected chi connectivity index (χ0v) is 20.2. The first kappa shape index (κ1) is 24.6. The lowest BCUT2D eigenvalue weighted by atomic mass is 9.84. The minimum Gasteiger partial charge on any atom is -0.322 e. The molecule has 0 aliphatic rings. The predicted octanol–water partition coefficient (Wildman–Crippen LogP) is 8.55. The lowest BCUT2D eigenvalue weighted by Crippen LogP contribution is -2.07. The van der Waals surface area contributed by atoms with Crippen molar-refractivity contribution < 1.29 is 13.2 Å². The molecule has 5 aromatic rings. The smallest absolute Gasteiger partial charge is 0.322 e. The molecular formula is C31H21ClF3NO. The van der Waals surface area contributed by atoms with E-state index < -0.39 is 11.7 Å². The summed E-state index contributed by atoms with van der Waals surface area (Å²) in [5.74, 6) is -0.0680. The Hall–Kier alpha value is -4.09. The van der Waals surface area contributed by atoms with Crippen LogP contribution in [0.4, 0.5) is 13.2 Å². The molecule has 0 bridgehead atoms. The normalized spacial score (nSPS) is 12.8. The molecule has 1 unspecified atom stereocenters. The van der Waals surface area contributed by atoms with Crippen molar-refractivity contribution in [2.24, 2.45) is 0 Å². The van der Waals surface area contributed by atoms with E-state index in [1.807, 2.05) is 60.7 Å². The minimum atomic E-state index is -4.39. The van der Waals surface area contributed by atoms with Gasteiger partial charge in [0, 0.05) is 27.9 Å². The van der Waals surface area contributed by atoms with E-state index >= 15 is 0 Å². The van der Waals surface area contributed by atoms with Crippen LogP contribution in [0.1, 0.15) is 39.3 Å². The molecule has 0 spiro atoms. The summed E-state index contributed by atoms with van der Waals surface area (Å²) in [5, 5.41) is 1.48. The Kier molecular flexibility index (Phi) is 6.72. The van der Waals surface area contributed by atoms with Crippen molar-refractivity contribution in [3.05, 3.63) is 152 Å². The van der Waals surface area contributed by atoms with Gasteiger partial charge in [0.1, 0.15) is 0 Å². The Labute approximate surface area is 216 Å². The minimum absolute atomic E-state index is 0.0680. The van der Waals surface area contributed by atoms with Crippen molar-refractivity contribution in [2.45, 2.75) is 12.1 Å². The van der Waals surface area contributed by atoms with Gasteiger partial charge >= 0.3 is 6.18 Å². The second-order valence-electron chi connectivity index (χ2n) is 8.74. The van der Waals surface area contributed by atoms with Gasteiger partial charge in [0.2, 0.25) is 5.56 Å². The van der Waals surface area contributed by atoms with E-state index in [0.29, 0.717) is 21.7 Å². The third kappa shape index (κ3) is 5.52. The van der Waals surface area contributed by atoms with Gasteiger partial charge in [0.05, 0.1) is 5.56 Å². The number of fused-ring (bicyclic) bond motifs is 1. The zero-order chi connectivity index (χ0) is 26.0. The molecule has 5 rings (SSSR count). The van der Waals surface area contributed by atoms with Crippen molar-refractivity contribution >= 4 is 34.7 Å². The Morgan fingerprint density at radius 2 is 1.38 bits per heavy atom. The number of rotatable bonds is 5. The summed E-state index contributed by atoms with van der Waals surface area (Å²) in [7, 11) is 0. The van der Waals surface area contributed by atoms with Crippen LogP contribution in [0.5, 0.6) is 0 Å². The van der Waals surface area contributed by atoms with Crippen LogP contribution in [0.25, 0.3) is 23.1 Å². The lowest BCUT2D eigenvalue weighted by Gasteiger charge is -2.20. The fourth-order valence-electron chi connectivity index (χ4n) is 4.46. The van der Waals surface area contributed by atoms with Gasteiger partial charge in [0.25, 0.3) is 0 Å². The van der Waals surface area contributed by atoms with Crippen LogP contribution in [-0.4, -0.2) is 4.98 Å². The van der Waals surface area contributed by atoms with Gasteiger partial charge in [-0.3, -0.25) is 4.79 Å². The molecule has 37 heavy (non-hydrogen) atoms. The second-order valence-corrected chi connectivity index (χ2v) is 9.18. The maximum Gasteiger partial charge on any atom is 0.416 e. The molecule has 0 amide bonds. The number of hydrogen-bond acceptors (Lipinski definition) is 1. The number of halogens is 4. The van der Waals surface area contributed by atoms with E-state index in [4.69, 9.17) is 11.6 Å². The first-order chi connectivity index (χ1) is 17.8. The molecule has 1 aromatic heterocycles. The number of aromatic nitrogens is 1. The molecule has 0 saturated carbocycles. The molecular weight excluding hydrogens is 495 g/mol. The summed E-state index contributed by atoms with van der Waals surface area (Å²) in [4.78, 5) is 15.2. The first-order valence-electron chi connectivity index (χ1n) is 11.6. The molecule has 0 aliphatic heterocycles. The third-order valence-electron chi connectivity index (χ3n) is 6.26. The molecule has 2 nitrogen and oxygen atoms in total. The fourth-order valence-corrected chi connectivity index (χ4v) is 4.59. The highest BCUT2D eigenvalue weighted by Crippen LogP contribution is 2.35. The molecule has 184 valence electrons. The number of pyridine rings is 1. The van der Waals surface area contributed by atoms with Crippen molar-refractivity contribution in [3.8, 4) is 0 Å². The van der Waals surface area contributed by atoms with Crippen LogP contribution in [0.2, 0.25) is 5.02 Å². The van der Waals surface area contributed by atoms with Crippen LogP contribution in [0.15, 0.2) is 108 Å². The molecule has 0 aliphatic carbocycles. The van der Waals surface area contributed by atoms with Gasteiger partial charge in [-0.1, -0.05) is 84.4 Å². The molecule has 1 atom stereocenters. The van der Waals surface area contributed by atoms with Gasteiger partial charge in [0.15, 0.2) is 0 Å². The van der Waals surface area contributed by atoms with E-state index in [9.17, 15) is 18.0 Å². The first-order valence-corrected chi connectivity index (χ1v) is 12.0. The summed E-state index contributed by atoms with van der Waals surface area (Å²) in [6.07, 6.45) is -0.931. The Morgan fingerprint density at radius 1 is 0.730 bits per heavy atom. The molecule has 0 fully saturated rings. The maximum atomic E-state index is 12.9. The summed E-state index contributed by atoms with van der Waals surface area (Å²) >= 11 is 6.14. The second kappa shape index (κ2) is 10.1. The summed E-state index contributed by atoms with van der Waals surface area (Å²) in [5.41, 5.74) is 4.18. The van der Waals surface area contributed by atoms with Crippen molar-refractivity contribution in [1.29, 1.82) is 0 Å². The molecule has 6 heteroatoms. The number of nitrogens with one attached hydrogen (secondary N) is 1. The molecule has 0 saturated heterocycles. The predicted molar refractivity (Wildman–Crippen MR) is 144 cm³/mol. The van der Waals surface area contributed by atoms with Crippen molar-refractivity contribution in [1.82, 2.24) is 4.98 Å². The molecule has 0 radical (unpaired) electrons. The van der Waals surface area contributed by atoms with E-state index in [2.05, 4.69) is 17.1 Å². The quantitative estimate of drug-likeness (QED) is 0.234. The van der Waals surface area contributed by atoms with Crippen LogP contribution < -0.4 is 5.56 Å². The van der Waals surface area contributed by atoms with E-state index in [1.165, 1.54) is 18.2 Å². The summed E-state index contributed by atoms with van der Waals surface area (Å²) < 4.78 is 38.7. The topological polar surface area (TPSA) is 32.9 Å². The van der Waals surface area contributed by atoms with Crippen LogP contribution in [0, 0.1) is 0 Å². The largest absolute Gasteiger partial charge is 0.416 e. The molecule has 1 heterocycles. The van der Waals surface area contributed by atoms with Gasteiger partial charge in [-0.15, -0.1) is 0 Å². The maximum absolute atomic E-state index is 12.9. The lowest BCUT2D eigenvalue weighted by molar-refractivity contribution is -0.137. The summed E-state index contributed by atoms with van der Waals surface area (Å²) in [6, 6.07) is 30.2. The number of aromatic amines is 1. The van der Waals surface area contributed by atoms with Gasteiger partial charge in [-0.05, 0) is 64.2 Å². The fraction of sp³-hybridized carbons (Fsp3) is 0.0645. The Morgan fingerprint density at radius 3 is 2.05 bits per heavy atom. The zero-order valence-electron chi connectivity index (χ0n) is 19.5. The van der Waals surface area contributed by atoms with Crippen LogP contribution in [0.3, 0.4) is 0 Å². The Balaban J connectivity index is 1.59. The van der Waals surface area contributed by atoms with Gasteiger partial charge in [-0.25, -0.2) is 0 Å². The number of H-pyrrole nitrogens is 1. The molecule has 4 aromatic carbocycles. The highest BCUT2D eigenvalue weighted by Gasteiger charge is 2.29. The van der Waals surface area contributed by atoms with Gasteiger partial charge in [-0.2, -0.15) is 13.2 Å². The van der Waals surface area contributed by atoms with Crippen LogP contribution >= 0.6 is 11.6 Å². The highest BCUT2D eigenvalue weighted by molar-refractivity contribution is 6.30. The third-order valence-corrected chi connectivity index (χ3v) is 6.51. The number of alkyl halides is 3. The standard InChI is InChI=1S/C31H21ClF3NO/c32-26-15-10-22(11-16-26)30(21-4-2-1-3-5-21)24-12-17-28-27(18-24)23(19-29(37)36-28)9-6-20-7-13-25(14-8-20)31(33,34)35/h1-19,30H,(H,36,37)/b9-6+. The number of hydrogen-bond donors (Lipinski definition) is 1. The van der Waals surface area contributed by atoms with Gasteiger partial charge < -0.3 is 4.98 Å². The van der Waals surface area contributed by atoms with Crippen molar-refractivity contribution in [2.75, 3.05) is 0 Å². The number of benzene rings is 4. The average molecular weight is 516 g/mol. The summed E-state index contributed by atoms with van der Waals surface area (Å²) in [6.45, 7) is 0. The van der Waals surface area contributed by atoms with Crippen molar-refractivity contribution in [3.63, 3.8) is 0 Å². The average Bonchev–Trinajstić information content (AvgIpc) is 2.89. The highest BCUT2D eigenvalue weighted by atomic mass is 35.5. The SMILES string of the molecule is O=c1cc(/C=C/c2ccc(C(F)(F)F)cc2)c2cc(C(c3ccccc3)c3ccc(Cl)cc3)ccc2[nH]1. The van der Waals surface area contributed by atoms with E-state index in [1.54, 1.807) is 12.2 Å². The van der Waals surface area contributed by atoms with E-state index in [0.717, 1.165) is 34.2 Å². The monoisotopic (exact) mass is 515 g/mol.